The van der Waals surface area contributed by atoms with Crippen LogP contribution in [0.4, 0.5) is 4.79 Å². The fourth-order valence-electron chi connectivity index (χ4n) is 4.74. The van der Waals surface area contributed by atoms with Crippen molar-refractivity contribution in [2.24, 2.45) is 0 Å². The van der Waals surface area contributed by atoms with Gasteiger partial charge in [0.15, 0.2) is 0 Å². The number of hydrogen-bond donors (Lipinski definition) is 2. The summed E-state index contributed by atoms with van der Waals surface area (Å²) in [7, 11) is 0. The molecule has 0 saturated heterocycles. The molecule has 0 spiro atoms. The molecular weight excluding hydrogens is 502 g/mol. The SMILES string of the molecule is CCCCN(C(=O)C(Cc1ccccc1)NC(=O)OC(C)(C)C)C(C(=O)NC(C)CCC)c1cccc(C)c1C. The van der Waals surface area contributed by atoms with Crippen molar-refractivity contribution < 1.29 is 19.1 Å². The third-order valence-corrected chi connectivity index (χ3v) is 6.92. The van der Waals surface area contributed by atoms with Crippen LogP contribution in [-0.2, 0) is 20.7 Å². The van der Waals surface area contributed by atoms with Gasteiger partial charge < -0.3 is 20.3 Å². The average molecular weight is 552 g/mol. The highest BCUT2D eigenvalue weighted by molar-refractivity contribution is 5.92. The van der Waals surface area contributed by atoms with Gasteiger partial charge in [0.1, 0.15) is 17.7 Å². The Morgan fingerprint density at radius 3 is 2.20 bits per heavy atom. The fourth-order valence-corrected chi connectivity index (χ4v) is 4.74. The lowest BCUT2D eigenvalue weighted by Crippen LogP contribution is -2.54. The molecule has 2 aromatic carbocycles. The molecule has 3 atom stereocenters. The number of alkyl carbamates (subject to hydrolysis) is 1. The van der Waals surface area contributed by atoms with Crippen LogP contribution in [0.3, 0.4) is 0 Å². The van der Waals surface area contributed by atoms with E-state index in [0.29, 0.717) is 6.54 Å². The fraction of sp³-hybridized carbons (Fsp3) is 0.545. The molecule has 220 valence electrons. The Bertz CT molecular complexity index is 1110. The van der Waals surface area contributed by atoms with E-state index in [1.54, 1.807) is 25.7 Å². The summed E-state index contributed by atoms with van der Waals surface area (Å²) in [4.78, 5) is 43.0. The van der Waals surface area contributed by atoms with Crippen LogP contribution in [0, 0.1) is 13.8 Å². The van der Waals surface area contributed by atoms with Crippen molar-refractivity contribution in [1.82, 2.24) is 15.5 Å². The van der Waals surface area contributed by atoms with Crippen LogP contribution >= 0.6 is 0 Å². The van der Waals surface area contributed by atoms with Gasteiger partial charge in [0.25, 0.3) is 0 Å². The monoisotopic (exact) mass is 551 g/mol. The van der Waals surface area contributed by atoms with Crippen molar-refractivity contribution in [2.45, 2.75) is 111 Å². The van der Waals surface area contributed by atoms with Crippen molar-refractivity contribution in [3.8, 4) is 0 Å². The van der Waals surface area contributed by atoms with Gasteiger partial charge in [0.05, 0.1) is 0 Å². The zero-order chi connectivity index (χ0) is 29.9. The average Bonchev–Trinajstić information content (AvgIpc) is 2.87. The molecule has 0 aromatic heterocycles. The molecule has 0 aliphatic rings. The first-order valence-electron chi connectivity index (χ1n) is 14.6. The van der Waals surface area contributed by atoms with E-state index in [2.05, 4.69) is 24.5 Å². The van der Waals surface area contributed by atoms with E-state index < -0.39 is 23.8 Å². The lowest BCUT2D eigenvalue weighted by atomic mass is 9.94. The van der Waals surface area contributed by atoms with Crippen LogP contribution in [-0.4, -0.2) is 47.0 Å². The summed E-state index contributed by atoms with van der Waals surface area (Å²) in [5.74, 6) is -0.526. The van der Waals surface area contributed by atoms with Gasteiger partial charge in [-0.3, -0.25) is 9.59 Å². The van der Waals surface area contributed by atoms with Crippen LogP contribution in [0.2, 0.25) is 0 Å². The number of nitrogens with one attached hydrogen (secondary N) is 2. The third-order valence-electron chi connectivity index (χ3n) is 6.92. The highest BCUT2D eigenvalue weighted by atomic mass is 16.6. The molecule has 2 N–H and O–H groups in total. The number of nitrogens with zero attached hydrogens (tertiary/aromatic N) is 1. The van der Waals surface area contributed by atoms with Crippen LogP contribution in [0.5, 0.6) is 0 Å². The minimum atomic E-state index is -0.914. The first kappa shape index (κ1) is 32.9. The maximum atomic E-state index is 14.5. The number of amides is 3. The van der Waals surface area contributed by atoms with Gasteiger partial charge in [-0.25, -0.2) is 4.79 Å². The molecule has 0 bridgehead atoms. The topological polar surface area (TPSA) is 87.7 Å². The summed E-state index contributed by atoms with van der Waals surface area (Å²) in [5.41, 5.74) is 2.99. The predicted molar refractivity (Wildman–Crippen MR) is 161 cm³/mol. The van der Waals surface area contributed by atoms with Gasteiger partial charge in [0.2, 0.25) is 11.8 Å². The Kier molecular flexibility index (Phi) is 12.7. The van der Waals surface area contributed by atoms with Crippen molar-refractivity contribution in [3.05, 3.63) is 70.8 Å². The highest BCUT2D eigenvalue weighted by Crippen LogP contribution is 2.28. The van der Waals surface area contributed by atoms with E-state index in [0.717, 1.165) is 47.9 Å². The first-order chi connectivity index (χ1) is 18.9. The molecule has 7 heteroatoms. The van der Waals surface area contributed by atoms with Crippen molar-refractivity contribution in [1.29, 1.82) is 0 Å². The zero-order valence-electron chi connectivity index (χ0n) is 25.7. The number of rotatable bonds is 13. The summed E-state index contributed by atoms with van der Waals surface area (Å²) in [5, 5.41) is 5.98. The first-order valence-corrected chi connectivity index (χ1v) is 14.6. The van der Waals surface area contributed by atoms with E-state index >= 15 is 0 Å². The van der Waals surface area contributed by atoms with E-state index in [-0.39, 0.29) is 24.3 Å². The Balaban J connectivity index is 2.59. The number of hydrogen-bond acceptors (Lipinski definition) is 4. The van der Waals surface area contributed by atoms with E-state index in [4.69, 9.17) is 4.74 Å². The molecule has 0 heterocycles. The summed E-state index contributed by atoms with van der Waals surface area (Å²) in [6.07, 6.45) is 2.95. The number of aryl methyl sites for hydroxylation is 1. The molecule has 7 nitrogen and oxygen atoms in total. The maximum Gasteiger partial charge on any atom is 0.408 e. The summed E-state index contributed by atoms with van der Waals surface area (Å²) >= 11 is 0. The Morgan fingerprint density at radius 1 is 0.925 bits per heavy atom. The maximum absolute atomic E-state index is 14.5. The lowest BCUT2D eigenvalue weighted by Gasteiger charge is -2.36. The Labute approximate surface area is 241 Å². The number of unbranched alkanes of at least 4 members (excludes halogenated alkanes) is 1. The van der Waals surface area contributed by atoms with Gasteiger partial charge in [-0.2, -0.15) is 0 Å². The number of benzene rings is 2. The van der Waals surface area contributed by atoms with Gasteiger partial charge >= 0.3 is 6.09 Å². The zero-order valence-corrected chi connectivity index (χ0v) is 25.7. The normalized spacial score (nSPS) is 13.6. The predicted octanol–water partition coefficient (Wildman–Crippen LogP) is 6.41. The molecule has 2 rings (SSSR count). The van der Waals surface area contributed by atoms with Crippen LogP contribution in [0.15, 0.2) is 48.5 Å². The van der Waals surface area contributed by atoms with E-state index in [1.165, 1.54) is 0 Å². The molecule has 2 aromatic rings. The highest BCUT2D eigenvalue weighted by Gasteiger charge is 2.37. The second-order valence-electron chi connectivity index (χ2n) is 11.7. The summed E-state index contributed by atoms with van der Waals surface area (Å²) < 4.78 is 5.52. The summed E-state index contributed by atoms with van der Waals surface area (Å²) in [6.45, 7) is 15.9. The number of carbonyl (C=O) groups excluding carboxylic acids is 3. The second kappa shape index (κ2) is 15.4. The Hall–Kier alpha value is -3.35. The lowest BCUT2D eigenvalue weighted by molar-refractivity contribution is -0.142. The quantitative estimate of drug-likeness (QED) is 0.301. The molecule has 0 saturated carbocycles. The molecule has 3 amide bonds. The van der Waals surface area contributed by atoms with E-state index in [1.807, 2.05) is 69.3 Å². The number of ether oxygens (including phenoxy) is 1. The molecular formula is C33H49N3O4. The minimum Gasteiger partial charge on any atom is -0.444 e. The van der Waals surface area contributed by atoms with Crippen LogP contribution in [0.1, 0.15) is 95.5 Å². The van der Waals surface area contributed by atoms with Crippen LogP contribution < -0.4 is 10.6 Å². The number of carbonyl (C=O) groups is 3. The standard InChI is InChI=1S/C33H49N3O4/c1-9-11-21-36(29(30(37)34-24(4)16-10-2)27-20-15-17-23(3)25(27)5)31(38)28(22-26-18-13-12-14-19-26)35-32(39)40-33(6,7)8/h12-15,17-20,24,28-29H,9-11,16,21-22H2,1-8H3,(H,34,37)(H,35,39). The molecule has 40 heavy (non-hydrogen) atoms. The van der Waals surface area contributed by atoms with Gasteiger partial charge in [0, 0.05) is 19.0 Å². The minimum absolute atomic E-state index is 0.0340. The molecule has 0 aliphatic heterocycles. The molecule has 0 fully saturated rings. The van der Waals surface area contributed by atoms with Crippen molar-refractivity contribution in [2.75, 3.05) is 6.54 Å². The smallest absolute Gasteiger partial charge is 0.408 e. The van der Waals surface area contributed by atoms with Crippen LogP contribution in [0.25, 0.3) is 0 Å². The van der Waals surface area contributed by atoms with Crippen molar-refractivity contribution >= 4 is 17.9 Å². The Morgan fingerprint density at radius 2 is 1.60 bits per heavy atom. The van der Waals surface area contributed by atoms with Crippen molar-refractivity contribution in [3.63, 3.8) is 0 Å². The summed E-state index contributed by atoms with van der Waals surface area (Å²) in [6, 6.07) is 13.6. The van der Waals surface area contributed by atoms with E-state index in [9.17, 15) is 14.4 Å². The van der Waals surface area contributed by atoms with Gasteiger partial charge in [-0.05, 0) is 76.6 Å². The van der Waals surface area contributed by atoms with Gasteiger partial charge in [-0.15, -0.1) is 0 Å². The molecule has 0 radical (unpaired) electrons. The molecule has 3 unspecified atom stereocenters. The van der Waals surface area contributed by atoms with Gasteiger partial charge in [-0.1, -0.05) is 75.2 Å². The molecule has 0 aliphatic carbocycles. The third kappa shape index (κ3) is 10.00. The second-order valence-corrected chi connectivity index (χ2v) is 11.7. The largest absolute Gasteiger partial charge is 0.444 e.